The van der Waals surface area contributed by atoms with Gasteiger partial charge in [-0.1, -0.05) is 11.6 Å². The maximum atomic E-state index is 14.4. The van der Waals surface area contributed by atoms with E-state index in [2.05, 4.69) is 10.6 Å². The van der Waals surface area contributed by atoms with E-state index in [1.807, 2.05) is 0 Å². The van der Waals surface area contributed by atoms with Crippen LogP contribution >= 0.6 is 11.6 Å². The second-order valence-electron chi connectivity index (χ2n) is 6.45. The van der Waals surface area contributed by atoms with Crippen LogP contribution in [-0.4, -0.2) is 11.9 Å². The van der Waals surface area contributed by atoms with Gasteiger partial charge in [0.15, 0.2) is 6.20 Å². The zero-order valence-electron chi connectivity index (χ0n) is 16.2. The lowest BCUT2D eigenvalue weighted by molar-refractivity contribution is -0.607. The minimum absolute atomic E-state index is 0.0250. The van der Waals surface area contributed by atoms with Gasteiger partial charge in [0.25, 0.3) is 5.69 Å². The molecule has 0 bridgehead atoms. The lowest BCUT2D eigenvalue weighted by Crippen LogP contribution is -2.36. The van der Waals surface area contributed by atoms with Crippen LogP contribution in [0.4, 0.5) is 33.7 Å². The molecule has 13 heteroatoms. The van der Waals surface area contributed by atoms with Crippen molar-refractivity contribution in [1.82, 2.24) is 0 Å². The van der Waals surface area contributed by atoms with E-state index < -0.39 is 34.5 Å². The van der Waals surface area contributed by atoms with Gasteiger partial charge in [-0.2, -0.15) is 17.9 Å². The normalized spacial score (nSPS) is 11.1. The molecule has 0 fully saturated rings. The molecule has 0 saturated heterocycles. The Bertz CT molecular complexity index is 1240. The number of halogens is 5. The number of aromatic nitrogens is 1. The molecule has 0 aliphatic rings. The van der Waals surface area contributed by atoms with E-state index in [1.165, 1.54) is 12.1 Å². The van der Waals surface area contributed by atoms with E-state index in [0.29, 0.717) is 6.07 Å². The smallest absolute Gasteiger partial charge is 0.417 e. The van der Waals surface area contributed by atoms with Gasteiger partial charge < -0.3 is 26.3 Å². The number of alkyl halides is 3. The number of hydrogen-bond donors (Lipinski definition) is 3. The summed E-state index contributed by atoms with van der Waals surface area (Å²) in [5, 5.41) is 15.2. The standard InChI is InChI=1S/C20H13ClF4N4O4/c21-14-3-1-10(7-13(14)20(23,24)25)27-19(31)28-16-4-2-11(8-15(16)22)33-12-5-6-29(32)17(9-12)18(26)30/h1-9H,(H2,26,30)(H2,27,28,31)/i1+1,3+1,7+1,10+1,13+1,14+1. The number of benzene rings is 2. The van der Waals surface area contributed by atoms with Crippen LogP contribution in [0.3, 0.4) is 0 Å². The van der Waals surface area contributed by atoms with E-state index >= 15 is 0 Å². The van der Waals surface area contributed by atoms with Crippen LogP contribution in [0.1, 0.15) is 16.1 Å². The molecule has 172 valence electrons. The third-order valence-corrected chi connectivity index (χ3v) is 4.43. The van der Waals surface area contributed by atoms with Gasteiger partial charge >= 0.3 is 18.1 Å². The Balaban J connectivity index is 1.70. The molecule has 0 saturated carbocycles. The molecule has 3 aromatic rings. The maximum Gasteiger partial charge on any atom is 0.417 e. The van der Waals surface area contributed by atoms with Gasteiger partial charge in [0, 0.05) is 17.8 Å². The van der Waals surface area contributed by atoms with Gasteiger partial charge in [0.2, 0.25) is 0 Å². The fourth-order valence-electron chi connectivity index (χ4n) is 2.61. The summed E-state index contributed by atoms with van der Waals surface area (Å²) in [7, 11) is 0. The number of ether oxygens (including phenoxy) is 1. The van der Waals surface area contributed by atoms with E-state index in [-0.39, 0.29) is 33.3 Å². The molecular weight excluding hydrogens is 478 g/mol. The third-order valence-electron chi connectivity index (χ3n) is 4.10. The van der Waals surface area contributed by atoms with E-state index in [9.17, 15) is 32.4 Å². The molecule has 2 aromatic carbocycles. The number of nitrogens with two attached hydrogens (primary N) is 1. The number of carbonyl (C=O) groups excluding carboxylic acids is 2. The molecular formula is C20H13ClF4N4O4. The van der Waals surface area contributed by atoms with Crippen LogP contribution in [-0.2, 0) is 6.18 Å². The van der Waals surface area contributed by atoms with Gasteiger partial charge in [0.05, 0.1) is 22.3 Å². The molecule has 0 spiro atoms. The number of carbonyl (C=O) groups is 2. The zero-order valence-corrected chi connectivity index (χ0v) is 17.0. The minimum atomic E-state index is -4.72. The summed E-state index contributed by atoms with van der Waals surface area (Å²) in [6.45, 7) is 0. The number of nitrogens with zero attached hydrogens (tertiary/aromatic N) is 1. The van der Waals surface area contributed by atoms with Crippen molar-refractivity contribution in [2.45, 2.75) is 6.18 Å². The molecule has 0 radical (unpaired) electrons. The van der Waals surface area contributed by atoms with E-state index in [4.69, 9.17) is 22.1 Å². The highest BCUT2D eigenvalue weighted by Crippen LogP contribution is 2.36. The van der Waals surface area contributed by atoms with Crippen molar-refractivity contribution >= 4 is 34.9 Å². The first-order valence-electron chi connectivity index (χ1n) is 8.89. The number of pyridine rings is 1. The van der Waals surface area contributed by atoms with Gasteiger partial charge in [-0.05, 0) is 30.3 Å². The molecule has 1 aromatic heterocycles. The summed E-state index contributed by atoms with van der Waals surface area (Å²) in [4.78, 5) is 23.3. The minimum Gasteiger partial charge on any atom is -0.618 e. The number of nitrogens with one attached hydrogen (secondary N) is 2. The van der Waals surface area contributed by atoms with Gasteiger partial charge in [-0.25, -0.2) is 9.18 Å². The van der Waals surface area contributed by atoms with Crippen molar-refractivity contribution in [3.05, 3.63) is 82.0 Å². The Morgan fingerprint density at radius 2 is 1.73 bits per heavy atom. The lowest BCUT2D eigenvalue weighted by Gasteiger charge is -2.13. The predicted octanol–water partition coefficient (Wildman–Crippen LogP) is 4.67. The van der Waals surface area contributed by atoms with Crippen molar-refractivity contribution in [1.29, 1.82) is 0 Å². The molecule has 0 atom stereocenters. The zero-order chi connectivity index (χ0) is 24.3. The quantitative estimate of drug-likeness (QED) is 0.273. The Hall–Kier alpha value is -4.06. The molecule has 0 unspecified atom stereocenters. The van der Waals surface area contributed by atoms with Crippen molar-refractivity contribution in [3.8, 4) is 11.5 Å². The van der Waals surface area contributed by atoms with Crippen LogP contribution in [0.15, 0.2) is 54.7 Å². The summed E-state index contributed by atoms with van der Waals surface area (Å²) in [5.41, 5.74) is 3.03. The van der Waals surface area contributed by atoms with Crippen LogP contribution in [0, 0.1) is 11.0 Å². The second-order valence-corrected chi connectivity index (χ2v) is 6.86. The number of rotatable bonds is 5. The largest absolute Gasteiger partial charge is 0.618 e. The van der Waals surface area contributed by atoms with E-state index in [1.54, 1.807) is 0 Å². The summed E-state index contributed by atoms with van der Waals surface area (Å²) >= 11 is 5.52. The SMILES string of the molecule is NC(=O)c1cc(Oc2ccc(NC(=O)N[13c]3[13cH][13cH][13c](Cl)[13c](C(F)(F)F)[13cH]3)c(F)c2)cc[n+]1[O-]. The number of primary amides is 1. The first kappa shape index (κ1) is 23.6. The van der Waals surface area contributed by atoms with Gasteiger partial charge in [-0.3, -0.25) is 4.79 Å². The highest BCUT2D eigenvalue weighted by Gasteiger charge is 2.33. The Labute approximate surface area is 188 Å². The number of urea groups is 1. The summed E-state index contributed by atoms with van der Waals surface area (Å²) < 4.78 is 58.8. The molecule has 0 aliphatic carbocycles. The average Bonchev–Trinajstić information content (AvgIpc) is 2.72. The molecule has 33 heavy (non-hydrogen) atoms. The predicted molar refractivity (Wildman–Crippen MR) is 109 cm³/mol. The van der Waals surface area contributed by atoms with Crippen LogP contribution in [0.5, 0.6) is 11.5 Å². The number of hydrogen-bond acceptors (Lipinski definition) is 4. The Morgan fingerprint density at radius 3 is 2.36 bits per heavy atom. The molecule has 1 heterocycles. The highest BCUT2D eigenvalue weighted by atomic mass is 35.5. The van der Waals surface area contributed by atoms with Crippen LogP contribution < -0.4 is 25.8 Å². The monoisotopic (exact) mass is 490 g/mol. The summed E-state index contributed by atoms with van der Waals surface area (Å²) in [6.07, 6.45) is -3.74. The van der Waals surface area contributed by atoms with Crippen molar-refractivity contribution in [2.75, 3.05) is 10.6 Å². The van der Waals surface area contributed by atoms with Gasteiger partial charge in [-0.15, -0.1) is 0 Å². The first-order chi connectivity index (χ1) is 15.4. The Morgan fingerprint density at radius 1 is 1.03 bits per heavy atom. The summed E-state index contributed by atoms with van der Waals surface area (Å²) in [6, 6.07) is 7.34. The summed E-state index contributed by atoms with van der Waals surface area (Å²) in [5.74, 6) is -1.93. The number of anilines is 2. The third kappa shape index (κ3) is 5.80. The van der Waals surface area contributed by atoms with E-state index in [0.717, 1.165) is 36.5 Å². The maximum absolute atomic E-state index is 14.4. The number of amides is 3. The fraction of sp³-hybridized carbons (Fsp3) is 0.0500. The van der Waals surface area contributed by atoms with Gasteiger partial charge in [0.1, 0.15) is 17.3 Å². The van der Waals surface area contributed by atoms with Crippen molar-refractivity contribution in [2.24, 2.45) is 5.73 Å². The highest BCUT2D eigenvalue weighted by molar-refractivity contribution is 6.31. The average molecular weight is 491 g/mol. The lowest BCUT2D eigenvalue weighted by atomic mass is 10.3. The molecule has 3 rings (SSSR count). The van der Waals surface area contributed by atoms with Crippen molar-refractivity contribution in [3.63, 3.8) is 0 Å². The fourth-order valence-corrected chi connectivity index (χ4v) is 2.84. The Kier molecular flexibility index (Phi) is 6.58. The first-order valence-corrected chi connectivity index (χ1v) is 9.27. The van der Waals surface area contributed by atoms with Crippen LogP contribution in [0.25, 0.3) is 0 Å². The van der Waals surface area contributed by atoms with Crippen LogP contribution in [0.2, 0.25) is 5.02 Å². The topological polar surface area (TPSA) is 120 Å². The molecule has 8 nitrogen and oxygen atoms in total. The molecule has 0 aliphatic heterocycles. The van der Waals surface area contributed by atoms with Crippen molar-refractivity contribution < 1.29 is 36.6 Å². The molecule has 3 amide bonds. The molecule has 4 N–H and O–H groups in total. The second kappa shape index (κ2) is 9.20.